The van der Waals surface area contributed by atoms with Crippen LogP contribution in [-0.4, -0.2) is 24.6 Å². The second kappa shape index (κ2) is 6.36. The zero-order valence-corrected chi connectivity index (χ0v) is 13.6. The summed E-state index contributed by atoms with van der Waals surface area (Å²) < 4.78 is 12.6. The van der Waals surface area contributed by atoms with Crippen LogP contribution < -0.4 is 4.90 Å². The van der Waals surface area contributed by atoms with Gasteiger partial charge in [-0.1, -0.05) is 12.2 Å². The third-order valence-corrected chi connectivity index (χ3v) is 3.69. The monoisotopic (exact) mass is 365 g/mol. The molecule has 0 aliphatic heterocycles. The summed E-state index contributed by atoms with van der Waals surface area (Å²) in [6, 6.07) is 1.81. The van der Waals surface area contributed by atoms with Crippen LogP contribution in [0, 0.1) is 4.51 Å². The number of anilines is 1. The number of halogens is 1. The third-order valence-electron chi connectivity index (χ3n) is 2.44. The lowest BCUT2D eigenvalue weighted by molar-refractivity contribution is 0.566. The van der Waals surface area contributed by atoms with E-state index in [-0.39, 0.29) is 0 Å². The Morgan fingerprint density at radius 3 is 2.50 bits per heavy atom. The molecule has 0 saturated heterocycles. The molecule has 18 heavy (non-hydrogen) atoms. The van der Waals surface area contributed by atoms with Crippen LogP contribution in [0.5, 0.6) is 0 Å². The Kier molecular flexibility index (Phi) is 5.06. The van der Waals surface area contributed by atoms with Gasteiger partial charge in [-0.05, 0) is 15.9 Å². The van der Waals surface area contributed by atoms with Crippen molar-refractivity contribution in [1.82, 2.24) is 0 Å². The van der Waals surface area contributed by atoms with Gasteiger partial charge in [0.15, 0.2) is 17.1 Å². The van der Waals surface area contributed by atoms with Gasteiger partial charge in [-0.2, -0.15) is 25.3 Å². The average molecular weight is 366 g/mol. The van der Waals surface area contributed by atoms with E-state index in [0.29, 0.717) is 15.7 Å². The molecule has 0 amide bonds. The van der Waals surface area contributed by atoms with Crippen LogP contribution in [0.1, 0.15) is 0 Å². The summed E-state index contributed by atoms with van der Waals surface area (Å²) in [6.45, 7) is 1.56. The van der Waals surface area contributed by atoms with Gasteiger partial charge in [0.05, 0.1) is 8.98 Å². The van der Waals surface area contributed by atoms with Crippen molar-refractivity contribution in [3.05, 3.63) is 21.3 Å². The van der Waals surface area contributed by atoms with Crippen LogP contribution in [0.15, 0.2) is 25.6 Å². The number of thiol groups is 2. The molecule has 3 nitrogen and oxygen atoms in total. The summed E-state index contributed by atoms with van der Waals surface area (Å²) in [4.78, 5) is 2.06. The van der Waals surface area contributed by atoms with E-state index in [2.05, 4.69) is 46.1 Å². The average Bonchev–Trinajstić information content (AvgIpc) is 2.72. The van der Waals surface area contributed by atoms with Gasteiger partial charge in [0.25, 0.3) is 0 Å². The van der Waals surface area contributed by atoms with Crippen molar-refractivity contribution >= 4 is 70.5 Å². The Bertz CT molecular complexity index is 589. The number of hydrogen-bond donors (Lipinski definition) is 2. The molecule has 98 valence electrons. The zero-order valence-electron chi connectivity index (χ0n) is 9.43. The molecule has 7 heteroatoms. The van der Waals surface area contributed by atoms with Crippen molar-refractivity contribution in [2.45, 2.75) is 0 Å². The molecule has 0 aliphatic carbocycles. The lowest BCUT2D eigenvalue weighted by Crippen LogP contribution is -2.27. The zero-order chi connectivity index (χ0) is 13.1. The van der Waals surface area contributed by atoms with Gasteiger partial charge < -0.3 is 13.7 Å². The van der Waals surface area contributed by atoms with Crippen molar-refractivity contribution in [3.63, 3.8) is 0 Å². The minimum atomic E-state index is 0.595. The van der Waals surface area contributed by atoms with E-state index in [1.807, 2.05) is 0 Å². The highest BCUT2D eigenvalue weighted by atomic mass is 79.9. The highest BCUT2D eigenvalue weighted by Gasteiger charge is 2.13. The van der Waals surface area contributed by atoms with Crippen molar-refractivity contribution < 1.29 is 8.83 Å². The van der Waals surface area contributed by atoms with Gasteiger partial charge in [0, 0.05) is 30.7 Å². The maximum Gasteiger partial charge on any atom is 0.197 e. The minimum absolute atomic E-state index is 0.595. The number of hydrogen-bond acceptors (Lipinski definition) is 6. The summed E-state index contributed by atoms with van der Waals surface area (Å²) in [6.07, 6.45) is 1.58. The maximum absolute atomic E-state index is 5.83. The van der Waals surface area contributed by atoms with Gasteiger partial charge in [-0.3, -0.25) is 0 Å². The Morgan fingerprint density at radius 2 is 1.89 bits per heavy atom. The molecular weight excluding hydrogens is 354 g/mol. The standard InChI is InChI=1S/C11H12BrNO2S3/c12-7-6-14-11-8(18)5-9(15-10(7)11)13(1-3-16)2-4-17/h5-6,16-17H,1-4H2. The fourth-order valence-corrected chi connectivity index (χ4v) is 2.71. The molecule has 2 aromatic heterocycles. The molecule has 0 radical (unpaired) electrons. The van der Waals surface area contributed by atoms with E-state index >= 15 is 0 Å². The number of nitrogens with zero attached hydrogens (tertiary/aromatic N) is 1. The second-order valence-corrected chi connectivity index (χ2v) is 5.81. The van der Waals surface area contributed by atoms with Crippen molar-refractivity contribution in [2.24, 2.45) is 0 Å². The van der Waals surface area contributed by atoms with Gasteiger partial charge >= 0.3 is 0 Å². The van der Waals surface area contributed by atoms with E-state index < -0.39 is 0 Å². The van der Waals surface area contributed by atoms with E-state index in [9.17, 15) is 0 Å². The SMILES string of the molecule is S=c1cc(N(CCS)CCS)oc2c(Br)coc12. The molecule has 0 N–H and O–H groups in total. The second-order valence-electron chi connectivity index (χ2n) is 3.63. The normalized spacial score (nSPS) is 11.1. The first kappa shape index (κ1) is 14.3. The van der Waals surface area contributed by atoms with E-state index in [1.165, 1.54) is 0 Å². The van der Waals surface area contributed by atoms with Crippen LogP contribution in [-0.2, 0) is 0 Å². The lowest BCUT2D eigenvalue weighted by atomic mass is 10.4. The molecule has 0 aliphatic rings. The summed E-state index contributed by atoms with van der Waals surface area (Å²) in [5.41, 5.74) is 1.23. The fourth-order valence-electron chi connectivity index (χ4n) is 1.63. The summed E-state index contributed by atoms with van der Waals surface area (Å²) in [7, 11) is 0. The molecule has 0 unspecified atom stereocenters. The first-order valence-electron chi connectivity index (χ1n) is 5.35. The Hall–Kier alpha value is -0.110. The molecular formula is C11H12BrNO2S3. The highest BCUT2D eigenvalue weighted by molar-refractivity contribution is 9.10. The van der Waals surface area contributed by atoms with Crippen LogP contribution in [0.3, 0.4) is 0 Å². The summed E-state index contributed by atoms with van der Waals surface area (Å²) in [5, 5.41) is 0. The molecule has 0 aromatic carbocycles. The van der Waals surface area contributed by atoms with E-state index in [1.54, 1.807) is 12.3 Å². The highest BCUT2D eigenvalue weighted by Crippen LogP contribution is 2.31. The van der Waals surface area contributed by atoms with E-state index in [0.717, 1.165) is 35.0 Å². The molecule has 0 saturated carbocycles. The minimum Gasteiger partial charge on any atom is -0.458 e. The quantitative estimate of drug-likeness (QED) is 0.614. The number of fused-ring (bicyclic) bond motifs is 1. The van der Waals surface area contributed by atoms with Gasteiger partial charge in [0.2, 0.25) is 0 Å². The summed E-state index contributed by atoms with van der Waals surface area (Å²) >= 11 is 17.2. The Balaban J connectivity index is 2.49. The van der Waals surface area contributed by atoms with Gasteiger partial charge in [-0.25, -0.2) is 0 Å². The Morgan fingerprint density at radius 1 is 1.22 bits per heavy atom. The van der Waals surface area contributed by atoms with Crippen LogP contribution in [0.2, 0.25) is 0 Å². The van der Waals surface area contributed by atoms with Gasteiger partial charge in [0.1, 0.15) is 6.26 Å². The molecule has 0 bridgehead atoms. The smallest absolute Gasteiger partial charge is 0.197 e. The van der Waals surface area contributed by atoms with Crippen molar-refractivity contribution in [2.75, 3.05) is 29.5 Å². The number of rotatable bonds is 5. The van der Waals surface area contributed by atoms with Crippen molar-refractivity contribution in [3.8, 4) is 0 Å². The van der Waals surface area contributed by atoms with Gasteiger partial charge in [-0.15, -0.1) is 0 Å². The van der Waals surface area contributed by atoms with Crippen LogP contribution >= 0.6 is 53.4 Å². The molecule has 0 spiro atoms. The molecule has 0 atom stereocenters. The summed E-state index contributed by atoms with van der Waals surface area (Å²) in [5.74, 6) is 2.19. The predicted octanol–water partition coefficient (Wildman–Crippen LogP) is 4.18. The largest absolute Gasteiger partial charge is 0.458 e. The Labute approximate surface area is 129 Å². The maximum atomic E-state index is 5.83. The molecule has 2 rings (SSSR count). The number of furan rings is 1. The fraction of sp³-hybridized carbons (Fsp3) is 0.364. The lowest BCUT2D eigenvalue weighted by Gasteiger charge is -2.21. The molecule has 2 heterocycles. The third kappa shape index (κ3) is 2.89. The van der Waals surface area contributed by atoms with Crippen LogP contribution in [0.25, 0.3) is 11.2 Å². The van der Waals surface area contributed by atoms with Crippen molar-refractivity contribution in [1.29, 1.82) is 0 Å². The molecule has 0 fully saturated rings. The predicted molar refractivity (Wildman–Crippen MR) is 86.9 cm³/mol. The first-order chi connectivity index (χ1) is 8.67. The molecule has 2 aromatic rings. The van der Waals surface area contributed by atoms with E-state index in [4.69, 9.17) is 21.1 Å². The van der Waals surface area contributed by atoms with Crippen LogP contribution in [0.4, 0.5) is 5.88 Å². The topological polar surface area (TPSA) is 29.5 Å². The first-order valence-corrected chi connectivity index (χ1v) is 7.81.